The van der Waals surface area contributed by atoms with Gasteiger partial charge in [-0.1, -0.05) is 48.5 Å². The van der Waals surface area contributed by atoms with Crippen LogP contribution in [0.3, 0.4) is 0 Å². The molecule has 0 amide bonds. The summed E-state index contributed by atoms with van der Waals surface area (Å²) < 4.78 is 6.05. The van der Waals surface area contributed by atoms with Gasteiger partial charge < -0.3 is 10.1 Å². The lowest BCUT2D eigenvalue weighted by Crippen LogP contribution is -2.28. The summed E-state index contributed by atoms with van der Waals surface area (Å²) in [4.78, 5) is 0. The van der Waals surface area contributed by atoms with Crippen LogP contribution in [0.25, 0.3) is 0 Å². The van der Waals surface area contributed by atoms with Crippen molar-refractivity contribution in [3.63, 3.8) is 0 Å². The van der Waals surface area contributed by atoms with E-state index in [0.717, 1.165) is 31.7 Å². The number of nitrogens with one attached hydrogen (secondary N) is 1. The molecule has 2 aromatic rings. The summed E-state index contributed by atoms with van der Waals surface area (Å²) in [6, 6.07) is 19.6. The third-order valence-corrected chi connectivity index (χ3v) is 4.10. The molecule has 1 saturated heterocycles. The molecule has 1 N–H and O–H groups in total. The minimum Gasteiger partial charge on any atom is -0.492 e. The van der Waals surface area contributed by atoms with Gasteiger partial charge in [0, 0.05) is 6.04 Å². The van der Waals surface area contributed by atoms with Crippen LogP contribution in [0.1, 0.15) is 24.0 Å². The summed E-state index contributed by atoms with van der Waals surface area (Å²) in [5, 5.41) is 3.48. The number of aryl methyl sites for hydroxylation is 2. The second kappa shape index (κ2) is 8.82. The molecular weight excluding hydrogens is 294 g/mol. The highest BCUT2D eigenvalue weighted by atomic mass is 35.5. The highest BCUT2D eigenvalue weighted by Gasteiger charge is 2.15. The number of benzene rings is 2. The minimum atomic E-state index is 0. The number of ether oxygens (including phenoxy) is 1. The van der Waals surface area contributed by atoms with Crippen molar-refractivity contribution >= 4 is 12.4 Å². The normalized spacial score (nSPS) is 17.0. The van der Waals surface area contributed by atoms with E-state index in [9.17, 15) is 0 Å². The molecule has 1 heterocycles. The fourth-order valence-electron chi connectivity index (χ4n) is 2.86. The molecule has 22 heavy (non-hydrogen) atoms. The Bertz CT molecular complexity index is 552. The standard InChI is InChI=1S/C19H23NO.ClH/c1-2-7-16(8-3-1)12-13-17-9-4-5-11-19(17)21-15-18-10-6-14-20-18;/h1-5,7-9,11,18,20H,6,10,12-15H2;1H/t18-;/m1./s1. The molecule has 1 fully saturated rings. The van der Waals surface area contributed by atoms with Gasteiger partial charge in [0.15, 0.2) is 0 Å². The fraction of sp³-hybridized carbons (Fsp3) is 0.368. The van der Waals surface area contributed by atoms with Crippen molar-refractivity contribution in [1.82, 2.24) is 5.32 Å². The van der Waals surface area contributed by atoms with Crippen LogP contribution < -0.4 is 10.1 Å². The molecule has 0 bridgehead atoms. The van der Waals surface area contributed by atoms with Gasteiger partial charge in [-0.25, -0.2) is 0 Å². The molecule has 118 valence electrons. The summed E-state index contributed by atoms with van der Waals surface area (Å²) in [7, 11) is 0. The van der Waals surface area contributed by atoms with Gasteiger partial charge in [0.25, 0.3) is 0 Å². The molecule has 1 atom stereocenters. The van der Waals surface area contributed by atoms with Crippen molar-refractivity contribution in [3.8, 4) is 5.75 Å². The maximum absolute atomic E-state index is 6.05. The van der Waals surface area contributed by atoms with E-state index in [1.165, 1.54) is 24.0 Å². The van der Waals surface area contributed by atoms with Crippen molar-refractivity contribution in [2.75, 3.05) is 13.2 Å². The largest absolute Gasteiger partial charge is 0.492 e. The smallest absolute Gasteiger partial charge is 0.122 e. The van der Waals surface area contributed by atoms with Crippen LogP contribution in [0.15, 0.2) is 54.6 Å². The van der Waals surface area contributed by atoms with Crippen LogP contribution in [0.2, 0.25) is 0 Å². The van der Waals surface area contributed by atoms with Crippen LogP contribution in [-0.4, -0.2) is 19.2 Å². The zero-order valence-corrected chi connectivity index (χ0v) is 13.6. The third kappa shape index (κ3) is 4.75. The topological polar surface area (TPSA) is 21.3 Å². The molecule has 1 aliphatic rings. The summed E-state index contributed by atoms with van der Waals surface area (Å²) in [6.45, 7) is 1.91. The van der Waals surface area contributed by atoms with Crippen LogP contribution in [0.5, 0.6) is 5.75 Å². The number of halogens is 1. The summed E-state index contributed by atoms with van der Waals surface area (Å²) in [5.41, 5.74) is 2.68. The molecular formula is C19H24ClNO. The van der Waals surface area contributed by atoms with E-state index < -0.39 is 0 Å². The van der Waals surface area contributed by atoms with Crippen molar-refractivity contribution in [3.05, 3.63) is 65.7 Å². The Morgan fingerprint density at radius 3 is 2.50 bits per heavy atom. The minimum absolute atomic E-state index is 0. The lowest BCUT2D eigenvalue weighted by molar-refractivity contribution is 0.274. The predicted octanol–water partition coefficient (Wildman–Crippen LogP) is 4.02. The molecule has 3 rings (SSSR count). The maximum Gasteiger partial charge on any atom is 0.122 e. The third-order valence-electron chi connectivity index (χ3n) is 4.10. The Kier molecular flexibility index (Phi) is 6.75. The average molecular weight is 318 g/mol. The number of hydrogen-bond acceptors (Lipinski definition) is 2. The Morgan fingerprint density at radius 2 is 1.73 bits per heavy atom. The van der Waals surface area contributed by atoms with E-state index in [2.05, 4.69) is 59.9 Å². The average Bonchev–Trinajstić information content (AvgIpc) is 3.06. The second-order valence-electron chi connectivity index (χ2n) is 5.70. The number of rotatable bonds is 6. The van der Waals surface area contributed by atoms with Crippen LogP contribution in [-0.2, 0) is 12.8 Å². The van der Waals surface area contributed by atoms with Crippen LogP contribution in [0, 0.1) is 0 Å². The van der Waals surface area contributed by atoms with Gasteiger partial charge >= 0.3 is 0 Å². The first kappa shape index (κ1) is 16.9. The highest BCUT2D eigenvalue weighted by molar-refractivity contribution is 5.85. The van der Waals surface area contributed by atoms with Gasteiger partial charge in [0.2, 0.25) is 0 Å². The zero-order chi connectivity index (χ0) is 14.3. The van der Waals surface area contributed by atoms with Gasteiger partial charge in [0.1, 0.15) is 12.4 Å². The first-order valence-electron chi connectivity index (χ1n) is 7.90. The molecule has 0 saturated carbocycles. The van der Waals surface area contributed by atoms with Gasteiger partial charge in [-0.05, 0) is 49.4 Å². The fourth-order valence-corrected chi connectivity index (χ4v) is 2.86. The summed E-state index contributed by atoms with van der Waals surface area (Å²) >= 11 is 0. The molecule has 0 aliphatic carbocycles. The predicted molar refractivity (Wildman–Crippen MR) is 94.1 cm³/mol. The van der Waals surface area contributed by atoms with Crippen LogP contribution in [0.4, 0.5) is 0 Å². The van der Waals surface area contributed by atoms with Gasteiger partial charge in [-0.3, -0.25) is 0 Å². The monoisotopic (exact) mass is 317 g/mol. The zero-order valence-electron chi connectivity index (χ0n) is 12.8. The van der Waals surface area contributed by atoms with E-state index in [0.29, 0.717) is 6.04 Å². The van der Waals surface area contributed by atoms with Crippen molar-refractivity contribution in [2.45, 2.75) is 31.7 Å². The Morgan fingerprint density at radius 1 is 0.955 bits per heavy atom. The van der Waals surface area contributed by atoms with Gasteiger partial charge in [-0.15, -0.1) is 12.4 Å². The van der Waals surface area contributed by atoms with E-state index in [1.807, 2.05) is 0 Å². The number of hydrogen-bond donors (Lipinski definition) is 1. The number of para-hydroxylation sites is 1. The lowest BCUT2D eigenvalue weighted by Gasteiger charge is -2.15. The molecule has 2 nitrogen and oxygen atoms in total. The van der Waals surface area contributed by atoms with Gasteiger partial charge in [-0.2, -0.15) is 0 Å². The first-order chi connectivity index (χ1) is 10.4. The molecule has 2 aromatic carbocycles. The van der Waals surface area contributed by atoms with E-state index in [4.69, 9.17) is 4.74 Å². The molecule has 1 aliphatic heterocycles. The van der Waals surface area contributed by atoms with Crippen molar-refractivity contribution in [1.29, 1.82) is 0 Å². The Labute approximate surface area is 139 Å². The first-order valence-corrected chi connectivity index (χ1v) is 7.90. The molecule has 0 spiro atoms. The van der Waals surface area contributed by atoms with E-state index >= 15 is 0 Å². The summed E-state index contributed by atoms with van der Waals surface area (Å²) in [6.07, 6.45) is 4.58. The van der Waals surface area contributed by atoms with Crippen LogP contribution >= 0.6 is 12.4 Å². The van der Waals surface area contributed by atoms with Gasteiger partial charge in [0.05, 0.1) is 0 Å². The Hall–Kier alpha value is -1.51. The molecule has 0 radical (unpaired) electrons. The highest BCUT2D eigenvalue weighted by Crippen LogP contribution is 2.21. The quantitative estimate of drug-likeness (QED) is 0.868. The van der Waals surface area contributed by atoms with Crippen molar-refractivity contribution < 1.29 is 4.74 Å². The van der Waals surface area contributed by atoms with E-state index in [-0.39, 0.29) is 12.4 Å². The lowest BCUT2D eigenvalue weighted by atomic mass is 10.0. The maximum atomic E-state index is 6.05. The van der Waals surface area contributed by atoms with Crippen molar-refractivity contribution in [2.24, 2.45) is 0 Å². The van der Waals surface area contributed by atoms with E-state index in [1.54, 1.807) is 0 Å². The Balaban J connectivity index is 0.00000176. The molecule has 0 aromatic heterocycles. The molecule has 3 heteroatoms. The summed E-state index contributed by atoms with van der Waals surface area (Å²) in [5.74, 6) is 1.04. The second-order valence-corrected chi connectivity index (χ2v) is 5.70. The SMILES string of the molecule is Cl.c1ccc(CCc2ccccc2OC[C@H]2CCCN2)cc1. The molecule has 0 unspecified atom stereocenters.